The van der Waals surface area contributed by atoms with Crippen LogP contribution in [0, 0.1) is 5.41 Å². The maximum Gasteiger partial charge on any atom is 0.0410 e. The average Bonchev–Trinajstić information content (AvgIpc) is 2.40. The van der Waals surface area contributed by atoms with Crippen molar-refractivity contribution in [3.63, 3.8) is 0 Å². The van der Waals surface area contributed by atoms with E-state index in [-0.39, 0.29) is 0 Å². The molecule has 0 unspecified atom stereocenters. The molecule has 0 heterocycles. The SMILES string of the molecule is CN(c1cc(Br)ccc1CCN)C1CCC(C)(C)CC1. The molecule has 1 fully saturated rings. The van der Waals surface area contributed by atoms with Crippen molar-refractivity contribution >= 4 is 21.6 Å². The molecule has 1 aliphatic carbocycles. The molecular formula is C17H27BrN2. The van der Waals surface area contributed by atoms with Crippen molar-refractivity contribution in [3.05, 3.63) is 28.2 Å². The fourth-order valence-electron chi connectivity index (χ4n) is 3.20. The Morgan fingerprint density at radius 2 is 1.95 bits per heavy atom. The smallest absolute Gasteiger partial charge is 0.0410 e. The van der Waals surface area contributed by atoms with E-state index in [1.54, 1.807) is 0 Å². The van der Waals surface area contributed by atoms with Crippen molar-refractivity contribution in [2.75, 3.05) is 18.5 Å². The molecule has 1 aromatic carbocycles. The van der Waals surface area contributed by atoms with Gasteiger partial charge in [0.2, 0.25) is 0 Å². The van der Waals surface area contributed by atoms with Crippen LogP contribution in [0.5, 0.6) is 0 Å². The van der Waals surface area contributed by atoms with E-state index in [0.717, 1.165) is 10.9 Å². The summed E-state index contributed by atoms with van der Waals surface area (Å²) < 4.78 is 1.15. The minimum Gasteiger partial charge on any atom is -0.371 e. The van der Waals surface area contributed by atoms with Gasteiger partial charge in [0.1, 0.15) is 0 Å². The second kappa shape index (κ2) is 6.48. The molecule has 2 rings (SSSR count). The standard InChI is InChI=1S/C17H27BrN2/c1-17(2)9-6-15(7-10-17)20(3)16-12-14(18)5-4-13(16)8-11-19/h4-5,12,15H,6-11,19H2,1-3H3. The minimum absolute atomic E-state index is 0.523. The first-order chi connectivity index (χ1) is 9.43. The van der Waals surface area contributed by atoms with Crippen LogP contribution in [0.2, 0.25) is 0 Å². The lowest BCUT2D eigenvalue weighted by molar-refractivity contribution is 0.222. The number of halogens is 1. The van der Waals surface area contributed by atoms with Gasteiger partial charge < -0.3 is 10.6 Å². The first kappa shape index (κ1) is 15.8. The van der Waals surface area contributed by atoms with E-state index in [2.05, 4.69) is 59.9 Å². The molecule has 0 amide bonds. The van der Waals surface area contributed by atoms with Crippen LogP contribution in [0.1, 0.15) is 45.1 Å². The summed E-state index contributed by atoms with van der Waals surface area (Å²) in [5.41, 5.74) is 8.98. The summed E-state index contributed by atoms with van der Waals surface area (Å²) >= 11 is 3.60. The summed E-state index contributed by atoms with van der Waals surface area (Å²) in [5.74, 6) is 0. The van der Waals surface area contributed by atoms with Crippen LogP contribution in [0.15, 0.2) is 22.7 Å². The van der Waals surface area contributed by atoms with Gasteiger partial charge in [-0.15, -0.1) is 0 Å². The fourth-order valence-corrected chi connectivity index (χ4v) is 3.55. The Kier molecular flexibility index (Phi) is 5.14. The highest BCUT2D eigenvalue weighted by molar-refractivity contribution is 9.10. The van der Waals surface area contributed by atoms with Gasteiger partial charge in [0.05, 0.1) is 0 Å². The molecule has 112 valence electrons. The largest absolute Gasteiger partial charge is 0.371 e. The zero-order valence-corrected chi connectivity index (χ0v) is 14.5. The fraction of sp³-hybridized carbons (Fsp3) is 0.647. The Morgan fingerprint density at radius 3 is 2.55 bits per heavy atom. The van der Waals surface area contributed by atoms with Gasteiger partial charge in [0.15, 0.2) is 0 Å². The Labute approximate surface area is 131 Å². The molecule has 2 N–H and O–H groups in total. The van der Waals surface area contributed by atoms with E-state index in [1.165, 1.54) is 36.9 Å². The number of hydrogen-bond acceptors (Lipinski definition) is 2. The van der Waals surface area contributed by atoms with E-state index >= 15 is 0 Å². The third-order valence-corrected chi connectivity index (χ3v) is 5.19. The highest BCUT2D eigenvalue weighted by Crippen LogP contribution is 2.38. The molecule has 0 bridgehead atoms. The van der Waals surface area contributed by atoms with Crippen LogP contribution in [0.4, 0.5) is 5.69 Å². The summed E-state index contributed by atoms with van der Waals surface area (Å²) in [7, 11) is 2.24. The summed E-state index contributed by atoms with van der Waals surface area (Å²) in [6.45, 7) is 5.49. The first-order valence-electron chi connectivity index (χ1n) is 7.64. The van der Waals surface area contributed by atoms with Crippen LogP contribution >= 0.6 is 15.9 Å². The van der Waals surface area contributed by atoms with Gasteiger partial charge >= 0.3 is 0 Å². The van der Waals surface area contributed by atoms with Crippen LogP contribution in [0.25, 0.3) is 0 Å². The highest BCUT2D eigenvalue weighted by Gasteiger charge is 2.29. The second-order valence-corrected chi connectivity index (χ2v) is 7.73. The second-order valence-electron chi connectivity index (χ2n) is 6.82. The predicted octanol–water partition coefficient (Wildman–Crippen LogP) is 4.36. The van der Waals surface area contributed by atoms with E-state index in [9.17, 15) is 0 Å². The van der Waals surface area contributed by atoms with E-state index in [4.69, 9.17) is 5.73 Å². The van der Waals surface area contributed by atoms with Crippen molar-refractivity contribution in [1.82, 2.24) is 0 Å². The molecule has 0 atom stereocenters. The molecule has 1 saturated carbocycles. The lowest BCUT2D eigenvalue weighted by atomic mass is 9.75. The van der Waals surface area contributed by atoms with Gasteiger partial charge in [0, 0.05) is 23.2 Å². The molecule has 0 aliphatic heterocycles. The number of nitrogens with zero attached hydrogens (tertiary/aromatic N) is 1. The lowest BCUT2D eigenvalue weighted by Crippen LogP contribution is -2.37. The summed E-state index contributed by atoms with van der Waals surface area (Å²) in [6, 6.07) is 7.22. The predicted molar refractivity (Wildman–Crippen MR) is 91.3 cm³/mol. The maximum absolute atomic E-state index is 5.75. The van der Waals surface area contributed by atoms with Gasteiger partial charge in [-0.3, -0.25) is 0 Å². The van der Waals surface area contributed by atoms with Crippen molar-refractivity contribution in [1.29, 1.82) is 0 Å². The van der Waals surface area contributed by atoms with Crippen LogP contribution in [0.3, 0.4) is 0 Å². The third-order valence-electron chi connectivity index (χ3n) is 4.70. The highest BCUT2D eigenvalue weighted by atomic mass is 79.9. The van der Waals surface area contributed by atoms with Crippen molar-refractivity contribution in [3.8, 4) is 0 Å². The molecule has 0 spiro atoms. The Bertz CT molecular complexity index is 446. The number of rotatable bonds is 4. The Hall–Kier alpha value is -0.540. The number of benzene rings is 1. The van der Waals surface area contributed by atoms with Gasteiger partial charge in [-0.1, -0.05) is 35.8 Å². The first-order valence-corrected chi connectivity index (χ1v) is 8.43. The summed E-state index contributed by atoms with van der Waals surface area (Å²) in [6.07, 6.45) is 6.17. The number of anilines is 1. The zero-order valence-electron chi connectivity index (χ0n) is 13.0. The zero-order chi connectivity index (χ0) is 14.8. The van der Waals surface area contributed by atoms with Crippen molar-refractivity contribution < 1.29 is 0 Å². The summed E-state index contributed by atoms with van der Waals surface area (Å²) in [4.78, 5) is 2.48. The van der Waals surface area contributed by atoms with Gasteiger partial charge in [-0.25, -0.2) is 0 Å². The molecule has 2 nitrogen and oxygen atoms in total. The van der Waals surface area contributed by atoms with E-state index < -0.39 is 0 Å². The molecule has 0 aromatic heterocycles. The monoisotopic (exact) mass is 338 g/mol. The molecule has 1 aromatic rings. The van der Waals surface area contributed by atoms with Gasteiger partial charge in [0.25, 0.3) is 0 Å². The molecule has 3 heteroatoms. The minimum atomic E-state index is 0.523. The maximum atomic E-state index is 5.75. The molecule has 0 radical (unpaired) electrons. The van der Waals surface area contributed by atoms with E-state index in [1.807, 2.05) is 0 Å². The summed E-state index contributed by atoms with van der Waals surface area (Å²) in [5, 5.41) is 0. The average molecular weight is 339 g/mol. The number of nitrogens with two attached hydrogens (primary N) is 1. The number of hydrogen-bond donors (Lipinski definition) is 1. The van der Waals surface area contributed by atoms with E-state index in [0.29, 0.717) is 18.0 Å². The van der Waals surface area contributed by atoms with Crippen LogP contribution < -0.4 is 10.6 Å². The van der Waals surface area contributed by atoms with Crippen LogP contribution in [-0.4, -0.2) is 19.6 Å². The Morgan fingerprint density at radius 1 is 1.30 bits per heavy atom. The van der Waals surface area contributed by atoms with Crippen molar-refractivity contribution in [2.45, 2.75) is 52.0 Å². The van der Waals surface area contributed by atoms with Gasteiger partial charge in [-0.05, 0) is 61.8 Å². The molecule has 1 aliphatic rings. The topological polar surface area (TPSA) is 29.3 Å². The van der Waals surface area contributed by atoms with Crippen LogP contribution in [-0.2, 0) is 6.42 Å². The normalized spacial score (nSPS) is 19.1. The molecule has 20 heavy (non-hydrogen) atoms. The van der Waals surface area contributed by atoms with Crippen molar-refractivity contribution in [2.24, 2.45) is 11.1 Å². The quantitative estimate of drug-likeness (QED) is 0.883. The van der Waals surface area contributed by atoms with Gasteiger partial charge in [-0.2, -0.15) is 0 Å². The molecule has 0 saturated heterocycles. The third kappa shape index (κ3) is 3.76. The Balaban J connectivity index is 2.16. The lowest BCUT2D eigenvalue weighted by Gasteiger charge is -2.40. The molecular weight excluding hydrogens is 312 g/mol.